The fraction of sp³-hybridized carbons (Fsp3) is 0.0400. The first kappa shape index (κ1) is 17.5. The van der Waals surface area contributed by atoms with E-state index in [1.165, 1.54) is 15.9 Å². The van der Waals surface area contributed by atoms with Crippen LogP contribution < -0.4 is 21.2 Å². The average molecular weight is 369 g/mol. The molecular weight excluding hydrogens is 347 g/mol. The molecule has 4 aromatic carbocycles. The van der Waals surface area contributed by atoms with Gasteiger partial charge >= 0.3 is 0 Å². The van der Waals surface area contributed by atoms with Crippen LogP contribution in [0.3, 0.4) is 0 Å². The molecule has 0 radical (unpaired) electrons. The van der Waals surface area contributed by atoms with Crippen molar-refractivity contribution in [3.63, 3.8) is 0 Å². The number of phenols is 1. The van der Waals surface area contributed by atoms with E-state index in [1.807, 2.05) is 31.2 Å². The molecule has 0 atom stereocenters. The van der Waals surface area contributed by atoms with Crippen molar-refractivity contribution in [2.45, 2.75) is 6.92 Å². The topological polar surface area (TPSA) is 20.2 Å². The quantitative estimate of drug-likeness (QED) is 0.531. The van der Waals surface area contributed by atoms with E-state index in [2.05, 4.69) is 84.9 Å². The highest BCUT2D eigenvalue weighted by Crippen LogP contribution is 2.55. The van der Waals surface area contributed by atoms with Crippen LogP contribution in [0.2, 0.25) is 0 Å². The number of hydrogen-bond donors (Lipinski definition) is 1. The fourth-order valence-electron chi connectivity index (χ4n) is 3.74. The summed E-state index contributed by atoms with van der Waals surface area (Å²) >= 11 is 0. The second-order valence-corrected chi connectivity index (χ2v) is 10.0. The van der Waals surface area contributed by atoms with E-state index in [1.54, 1.807) is 0 Å². The minimum Gasteiger partial charge on any atom is -0.504 e. The molecule has 0 heterocycles. The first-order valence-corrected chi connectivity index (χ1v) is 10.9. The lowest BCUT2D eigenvalue weighted by molar-refractivity contribution is 0.479. The summed E-state index contributed by atoms with van der Waals surface area (Å²) in [4.78, 5) is 0. The van der Waals surface area contributed by atoms with Gasteiger partial charge in [0.2, 0.25) is 0 Å². The van der Waals surface area contributed by atoms with Gasteiger partial charge in [-0.1, -0.05) is 60.7 Å². The zero-order chi connectivity index (χ0) is 18.7. The van der Waals surface area contributed by atoms with Crippen molar-refractivity contribution in [1.82, 2.24) is 0 Å². The van der Waals surface area contributed by atoms with Crippen LogP contribution in [0.5, 0.6) is 5.75 Å². The van der Waals surface area contributed by atoms with Crippen LogP contribution in [0.15, 0.2) is 109 Å². The molecule has 4 rings (SSSR count). The Labute approximate surface area is 161 Å². The van der Waals surface area contributed by atoms with Gasteiger partial charge in [-0.25, -0.2) is 0 Å². The van der Waals surface area contributed by atoms with Crippen LogP contribution in [-0.4, -0.2) is 5.11 Å². The molecule has 0 aliphatic heterocycles. The maximum absolute atomic E-state index is 11.0. The standard InChI is InChI=1S/C25H21OP/c1-20-17-18-25(24(26)19-20)27(21-11-5-2-6-12-21,22-13-7-3-8-14-22)23-15-9-4-10-16-23/h2-19H,1H3/p+1. The van der Waals surface area contributed by atoms with Crippen molar-refractivity contribution >= 4 is 28.5 Å². The molecule has 0 saturated heterocycles. The van der Waals surface area contributed by atoms with E-state index in [0.717, 1.165) is 10.9 Å². The van der Waals surface area contributed by atoms with Crippen LogP contribution in [0.1, 0.15) is 5.56 Å². The average Bonchev–Trinajstić information content (AvgIpc) is 2.72. The molecule has 0 aliphatic rings. The second kappa shape index (κ2) is 7.39. The Kier molecular flexibility index (Phi) is 4.79. The van der Waals surface area contributed by atoms with Crippen molar-refractivity contribution in [1.29, 1.82) is 0 Å². The highest BCUT2D eigenvalue weighted by Gasteiger charge is 2.49. The predicted octanol–water partition coefficient (Wildman–Crippen LogP) is 4.32. The number of rotatable bonds is 4. The van der Waals surface area contributed by atoms with Gasteiger partial charge in [-0.2, -0.15) is 0 Å². The van der Waals surface area contributed by atoms with E-state index in [9.17, 15) is 5.11 Å². The first-order chi connectivity index (χ1) is 13.2. The molecule has 0 bridgehead atoms. The summed E-state index contributed by atoms with van der Waals surface area (Å²) < 4.78 is 0. The molecule has 0 spiro atoms. The first-order valence-electron chi connectivity index (χ1n) is 9.09. The molecule has 1 N–H and O–H groups in total. The molecule has 0 fully saturated rings. The predicted molar refractivity (Wildman–Crippen MR) is 118 cm³/mol. The molecule has 0 saturated carbocycles. The summed E-state index contributed by atoms with van der Waals surface area (Å²) in [6.07, 6.45) is 0. The van der Waals surface area contributed by atoms with Gasteiger partial charge in [0.25, 0.3) is 0 Å². The van der Waals surface area contributed by atoms with Crippen molar-refractivity contribution in [2.75, 3.05) is 0 Å². The number of benzene rings is 4. The number of aromatic hydroxyl groups is 1. The monoisotopic (exact) mass is 369 g/mol. The number of aryl methyl sites for hydroxylation is 1. The zero-order valence-electron chi connectivity index (χ0n) is 15.3. The summed E-state index contributed by atoms with van der Waals surface area (Å²) in [5.74, 6) is 0.361. The van der Waals surface area contributed by atoms with Gasteiger partial charge in [-0.15, -0.1) is 0 Å². The largest absolute Gasteiger partial charge is 0.504 e. The molecule has 0 unspecified atom stereocenters. The van der Waals surface area contributed by atoms with Gasteiger partial charge < -0.3 is 5.11 Å². The highest BCUT2D eigenvalue weighted by molar-refractivity contribution is 8.01. The van der Waals surface area contributed by atoms with Gasteiger partial charge in [0.15, 0.2) is 11.1 Å². The highest BCUT2D eigenvalue weighted by atomic mass is 31.2. The molecule has 4 aromatic rings. The lowest BCUT2D eigenvalue weighted by Gasteiger charge is -2.28. The van der Waals surface area contributed by atoms with Crippen molar-refractivity contribution in [3.8, 4) is 5.75 Å². The molecule has 1 nitrogen and oxygen atoms in total. The molecule has 0 aromatic heterocycles. The third kappa shape index (κ3) is 3.05. The Morgan fingerprint density at radius 2 is 0.963 bits per heavy atom. The van der Waals surface area contributed by atoms with E-state index >= 15 is 0 Å². The summed E-state index contributed by atoms with van der Waals surface area (Å²) in [7, 11) is -2.21. The maximum Gasteiger partial charge on any atom is 0.159 e. The molecular formula is C25H22OP+. The van der Waals surface area contributed by atoms with Gasteiger partial charge in [0.05, 0.1) is 0 Å². The lowest BCUT2D eigenvalue weighted by atomic mass is 10.2. The van der Waals surface area contributed by atoms with Crippen molar-refractivity contribution in [2.24, 2.45) is 0 Å². The Hall–Kier alpha value is -2.89. The summed E-state index contributed by atoms with van der Waals surface area (Å²) in [5, 5.41) is 15.7. The van der Waals surface area contributed by atoms with Crippen molar-refractivity contribution in [3.05, 3.63) is 115 Å². The van der Waals surface area contributed by atoms with Crippen LogP contribution >= 0.6 is 7.26 Å². The molecule has 0 amide bonds. The van der Waals surface area contributed by atoms with E-state index < -0.39 is 7.26 Å². The van der Waals surface area contributed by atoms with Gasteiger partial charge in [-0.3, -0.25) is 0 Å². The second-order valence-electron chi connectivity index (χ2n) is 6.67. The Morgan fingerprint density at radius 1 is 0.556 bits per heavy atom. The van der Waals surface area contributed by atoms with Crippen LogP contribution in [0.25, 0.3) is 0 Å². The molecule has 27 heavy (non-hydrogen) atoms. The Morgan fingerprint density at radius 3 is 1.33 bits per heavy atom. The fourth-order valence-corrected chi connectivity index (χ4v) is 8.03. The normalized spacial score (nSPS) is 11.3. The SMILES string of the molecule is Cc1ccc([P+](c2ccccc2)(c2ccccc2)c2ccccc2)c(O)c1. The smallest absolute Gasteiger partial charge is 0.159 e. The third-order valence-corrected chi connectivity index (χ3v) is 9.24. The van der Waals surface area contributed by atoms with E-state index in [4.69, 9.17) is 0 Å². The van der Waals surface area contributed by atoms with Gasteiger partial charge in [-0.05, 0) is 61.0 Å². The third-order valence-electron chi connectivity index (χ3n) is 4.92. The minimum absolute atomic E-state index is 0.361. The maximum atomic E-state index is 11.0. The Bertz CT molecular complexity index is 931. The number of phenolic OH excluding ortho intramolecular Hbond substituents is 1. The lowest BCUT2D eigenvalue weighted by Crippen LogP contribution is -2.38. The van der Waals surface area contributed by atoms with Crippen LogP contribution in [0, 0.1) is 6.92 Å². The zero-order valence-corrected chi connectivity index (χ0v) is 16.2. The summed E-state index contributed by atoms with van der Waals surface area (Å²) in [5.41, 5.74) is 1.06. The van der Waals surface area contributed by atoms with Crippen LogP contribution in [0.4, 0.5) is 0 Å². The molecule has 2 heteroatoms. The molecule has 132 valence electrons. The number of hydrogen-bond acceptors (Lipinski definition) is 1. The summed E-state index contributed by atoms with van der Waals surface area (Å²) in [6.45, 7) is 2.01. The van der Waals surface area contributed by atoms with Crippen molar-refractivity contribution < 1.29 is 5.11 Å². The van der Waals surface area contributed by atoms with Crippen LogP contribution in [-0.2, 0) is 0 Å². The van der Waals surface area contributed by atoms with Gasteiger partial charge in [0, 0.05) is 0 Å². The van der Waals surface area contributed by atoms with E-state index in [0.29, 0.717) is 5.75 Å². The van der Waals surface area contributed by atoms with E-state index in [-0.39, 0.29) is 0 Å². The van der Waals surface area contributed by atoms with Gasteiger partial charge in [0.1, 0.15) is 23.2 Å². The minimum atomic E-state index is -2.21. The Balaban J connectivity index is 2.16. The molecule has 0 aliphatic carbocycles. The summed E-state index contributed by atoms with van der Waals surface area (Å²) in [6, 6.07) is 37.8.